The second kappa shape index (κ2) is 21.3. The van der Waals surface area contributed by atoms with Gasteiger partial charge in [0.05, 0.1) is 70.5 Å². The summed E-state index contributed by atoms with van der Waals surface area (Å²) in [6, 6.07) is 14.1. The minimum atomic E-state index is -3.59. The summed E-state index contributed by atoms with van der Waals surface area (Å²) < 4.78 is 43.8. The van der Waals surface area contributed by atoms with E-state index in [4.69, 9.17) is 25.8 Å². The van der Waals surface area contributed by atoms with E-state index in [0.717, 1.165) is 42.9 Å². The van der Waals surface area contributed by atoms with Crippen LogP contribution in [0.15, 0.2) is 65.7 Å². The van der Waals surface area contributed by atoms with Crippen LogP contribution in [0.25, 0.3) is 0 Å². The Hall–Kier alpha value is -5.99. The number of nitrogens with zero attached hydrogens (tertiary/aromatic N) is 4. The highest BCUT2D eigenvalue weighted by Crippen LogP contribution is 2.39. The number of rotatable bonds is 19. The highest BCUT2D eigenvalue weighted by molar-refractivity contribution is 7.92. The van der Waals surface area contributed by atoms with Gasteiger partial charge in [0.2, 0.25) is 23.7 Å². The molecule has 2 fully saturated rings. The lowest BCUT2D eigenvalue weighted by molar-refractivity contribution is -0.136. The number of nitrogens with one attached hydrogen (secondary N) is 4. The number of likely N-dealkylation sites (tertiary alicyclic amines) is 1. The largest absolute Gasteiger partial charge is 0.489 e. The Balaban J connectivity index is 0.861. The van der Waals surface area contributed by atoms with E-state index < -0.39 is 50.7 Å². The predicted octanol–water partition coefficient (Wildman–Crippen LogP) is 6.15. The number of sulfone groups is 1. The zero-order chi connectivity index (χ0) is 48.0. The molecule has 1 unspecified atom stereocenters. The number of ether oxygens (including phenoxy) is 3. The number of para-hydroxylation sites is 1. The molecule has 67 heavy (non-hydrogen) atoms. The van der Waals surface area contributed by atoms with Gasteiger partial charge >= 0.3 is 0 Å². The van der Waals surface area contributed by atoms with Crippen molar-refractivity contribution < 1.29 is 46.6 Å². The summed E-state index contributed by atoms with van der Waals surface area (Å²) in [6.07, 6.45) is 3.25. The Morgan fingerprint density at radius 1 is 0.896 bits per heavy atom. The number of hydrogen-bond acceptors (Lipinski definition) is 15. The van der Waals surface area contributed by atoms with Crippen LogP contribution < -0.4 is 26.0 Å². The zero-order valence-corrected chi connectivity index (χ0v) is 39.6. The lowest BCUT2D eigenvalue weighted by atomic mass is 9.86. The van der Waals surface area contributed by atoms with Gasteiger partial charge in [0.15, 0.2) is 15.7 Å². The number of anilines is 5. The summed E-state index contributed by atoms with van der Waals surface area (Å²) >= 11 is 6.50. The molecule has 1 aromatic heterocycles. The van der Waals surface area contributed by atoms with Gasteiger partial charge in [-0.15, -0.1) is 0 Å². The molecule has 5 amide bonds. The Morgan fingerprint density at radius 2 is 1.63 bits per heavy atom. The number of aryl methyl sites for hydroxylation is 1. The molecule has 0 saturated carbocycles. The fourth-order valence-corrected chi connectivity index (χ4v) is 9.62. The number of benzene rings is 3. The van der Waals surface area contributed by atoms with Crippen LogP contribution in [-0.4, -0.2) is 121 Å². The summed E-state index contributed by atoms with van der Waals surface area (Å²) in [7, 11) is -3.59. The van der Waals surface area contributed by atoms with E-state index >= 15 is 0 Å². The Morgan fingerprint density at radius 3 is 2.36 bits per heavy atom. The average Bonchev–Trinajstić information content (AvgIpc) is 3.54. The van der Waals surface area contributed by atoms with Crippen molar-refractivity contribution in [3.63, 3.8) is 0 Å². The second-order valence-corrected chi connectivity index (χ2v) is 20.0. The van der Waals surface area contributed by atoms with Gasteiger partial charge < -0.3 is 35.1 Å². The molecule has 2 saturated heterocycles. The average molecular weight is 960 g/mol. The first kappa shape index (κ1) is 48.9. The third-order valence-corrected chi connectivity index (χ3v) is 14.2. The quantitative estimate of drug-likeness (QED) is 0.0611. The zero-order valence-electron chi connectivity index (χ0n) is 38.0. The van der Waals surface area contributed by atoms with Crippen molar-refractivity contribution in [1.82, 2.24) is 25.1 Å². The van der Waals surface area contributed by atoms with E-state index in [1.807, 2.05) is 19.9 Å². The number of carbonyl (C=O) groups is 5. The lowest BCUT2D eigenvalue weighted by Gasteiger charge is -2.33. The van der Waals surface area contributed by atoms with E-state index in [2.05, 4.69) is 49.1 Å². The number of hydrogen-bond donors (Lipinski definition) is 4. The second-order valence-electron chi connectivity index (χ2n) is 17.1. The number of fused-ring (bicyclic) bond motifs is 1. The number of imide groups is 2. The van der Waals surface area contributed by atoms with E-state index in [0.29, 0.717) is 29.6 Å². The third-order valence-electron chi connectivity index (χ3n) is 11.7. The summed E-state index contributed by atoms with van der Waals surface area (Å²) in [5, 5.41) is 10.8. The molecule has 3 aliphatic heterocycles. The molecular weight excluding hydrogens is 904 g/mol. The Labute approximate surface area is 394 Å². The monoisotopic (exact) mass is 958 g/mol. The minimum absolute atomic E-state index is 0.00226. The molecule has 4 N–H and O–H groups in total. The van der Waals surface area contributed by atoms with Crippen molar-refractivity contribution in [3.8, 4) is 5.75 Å². The Bertz CT molecular complexity index is 2660. The molecule has 18 nitrogen and oxygen atoms in total. The highest BCUT2D eigenvalue weighted by atomic mass is 35.5. The van der Waals surface area contributed by atoms with Crippen molar-refractivity contribution >= 4 is 79.8 Å². The third kappa shape index (κ3) is 11.4. The van der Waals surface area contributed by atoms with Crippen molar-refractivity contribution in [2.45, 2.75) is 88.5 Å². The molecule has 1 atom stereocenters. The maximum Gasteiger partial charge on any atom is 0.264 e. The molecule has 0 bridgehead atoms. The normalized spacial score (nSPS) is 17.0. The lowest BCUT2D eigenvalue weighted by Crippen LogP contribution is -2.54. The van der Waals surface area contributed by atoms with E-state index in [-0.39, 0.29) is 77.3 Å². The standard InChI is InChI=1S/C47H55ClN8O10S/c1-27(2)66-38-24-32(29(5)23-36(38)52-47-49-25-33(48)43(54-47)51-34-10-6-7-12-39(34)67(62,63)28(3)4)30-15-17-55(18-16-30)19-20-64-21-22-65-26-41(58)50-35-11-8-9-31-42(35)46(61)56(45(31)60)37-13-14-40(57)53-44(37)59/h6-12,23-25,27-28,30,37H,13-22,26H2,1-5H3,(H,50,58)(H,53,57,59)(H2,49,51,52,54). The summed E-state index contributed by atoms with van der Waals surface area (Å²) in [5.74, 6) is -1.63. The summed E-state index contributed by atoms with van der Waals surface area (Å²) in [6.45, 7) is 12.4. The molecule has 0 radical (unpaired) electrons. The van der Waals surface area contributed by atoms with Crippen LogP contribution in [0.4, 0.5) is 28.8 Å². The molecule has 0 aliphatic carbocycles. The topological polar surface area (TPSA) is 228 Å². The number of amides is 5. The van der Waals surface area contributed by atoms with Gasteiger partial charge in [-0.05, 0) is 120 Å². The van der Waals surface area contributed by atoms with Gasteiger partial charge in [0.25, 0.3) is 11.8 Å². The van der Waals surface area contributed by atoms with Crippen molar-refractivity contribution in [3.05, 3.63) is 88.1 Å². The highest BCUT2D eigenvalue weighted by Gasteiger charge is 2.45. The smallest absolute Gasteiger partial charge is 0.264 e. The fourth-order valence-electron chi connectivity index (χ4n) is 8.28. The number of carbonyl (C=O) groups excluding carboxylic acids is 5. The van der Waals surface area contributed by atoms with Crippen molar-refractivity contribution in [1.29, 1.82) is 0 Å². The van der Waals surface area contributed by atoms with Gasteiger partial charge in [-0.2, -0.15) is 4.98 Å². The summed E-state index contributed by atoms with van der Waals surface area (Å²) in [4.78, 5) is 75.6. The number of piperidine rings is 2. The van der Waals surface area contributed by atoms with Crippen molar-refractivity contribution in [2.75, 3.05) is 62.0 Å². The van der Waals surface area contributed by atoms with Crippen LogP contribution in [0.2, 0.25) is 5.02 Å². The molecule has 20 heteroatoms. The first-order valence-electron chi connectivity index (χ1n) is 22.2. The first-order valence-corrected chi connectivity index (χ1v) is 24.2. The van der Waals surface area contributed by atoms with Gasteiger partial charge in [-0.25, -0.2) is 13.4 Å². The molecule has 3 aromatic carbocycles. The van der Waals surface area contributed by atoms with E-state index in [1.165, 1.54) is 30.0 Å². The Kier molecular flexibility index (Phi) is 15.6. The van der Waals surface area contributed by atoms with Crippen LogP contribution in [-0.2, 0) is 33.7 Å². The molecule has 7 rings (SSSR count). The predicted molar refractivity (Wildman–Crippen MR) is 251 cm³/mol. The molecule has 4 aromatic rings. The first-order chi connectivity index (χ1) is 32.0. The molecule has 356 valence electrons. The molecule has 0 spiro atoms. The molecule has 3 aliphatic rings. The molecular formula is C47H55ClN8O10S. The SMILES string of the molecule is Cc1cc(Nc2ncc(Cl)c(Nc3ccccc3S(=O)(=O)C(C)C)n2)c(OC(C)C)cc1C1CCN(CCOCCOCC(=O)Nc2cccc3c2C(=O)N(C2CCC(=O)NC2=O)C3=O)CC1. The summed E-state index contributed by atoms with van der Waals surface area (Å²) in [5.41, 5.74) is 3.50. The van der Waals surface area contributed by atoms with Crippen LogP contribution in [0.5, 0.6) is 5.75 Å². The van der Waals surface area contributed by atoms with Gasteiger partial charge in [-0.1, -0.05) is 29.8 Å². The van der Waals surface area contributed by atoms with Gasteiger partial charge in [0.1, 0.15) is 23.4 Å². The van der Waals surface area contributed by atoms with E-state index in [1.54, 1.807) is 38.1 Å². The maximum atomic E-state index is 13.3. The van der Waals surface area contributed by atoms with Gasteiger partial charge in [-0.3, -0.25) is 34.2 Å². The van der Waals surface area contributed by atoms with Crippen LogP contribution in [0.1, 0.15) is 91.1 Å². The molecule has 4 heterocycles. The fraction of sp³-hybridized carbons (Fsp3) is 0.426. The maximum absolute atomic E-state index is 13.3. The van der Waals surface area contributed by atoms with Crippen molar-refractivity contribution in [2.24, 2.45) is 0 Å². The van der Waals surface area contributed by atoms with Crippen LogP contribution in [0.3, 0.4) is 0 Å². The van der Waals surface area contributed by atoms with Crippen LogP contribution >= 0.6 is 11.6 Å². The van der Waals surface area contributed by atoms with E-state index in [9.17, 15) is 32.4 Å². The number of halogens is 1. The number of aromatic nitrogens is 2. The van der Waals surface area contributed by atoms with Crippen LogP contribution in [0, 0.1) is 6.92 Å². The minimum Gasteiger partial charge on any atom is -0.489 e. The van der Waals surface area contributed by atoms with Gasteiger partial charge in [0, 0.05) is 13.0 Å².